The minimum Gasteiger partial charge on any atom is -0.350 e. The number of aromatic nitrogens is 1. The van der Waals surface area contributed by atoms with Gasteiger partial charge in [0.2, 0.25) is 5.91 Å². The second-order valence-corrected chi connectivity index (χ2v) is 7.18. The van der Waals surface area contributed by atoms with Crippen LogP contribution in [0.5, 0.6) is 0 Å². The molecule has 6 nitrogen and oxygen atoms in total. The van der Waals surface area contributed by atoms with Crippen LogP contribution < -0.4 is 10.6 Å². The van der Waals surface area contributed by atoms with Crippen LogP contribution in [-0.4, -0.2) is 42.3 Å². The van der Waals surface area contributed by atoms with Crippen LogP contribution in [-0.2, 0) is 11.3 Å². The third kappa shape index (κ3) is 5.95. The van der Waals surface area contributed by atoms with Gasteiger partial charge in [-0.3, -0.25) is 9.59 Å². The molecule has 0 aliphatic carbocycles. The molecule has 25 heavy (non-hydrogen) atoms. The van der Waals surface area contributed by atoms with E-state index < -0.39 is 0 Å². The Hall–Kier alpha value is -2.25. The molecule has 0 atom stereocenters. The summed E-state index contributed by atoms with van der Waals surface area (Å²) in [5.41, 5.74) is 3.37. The van der Waals surface area contributed by atoms with E-state index in [-0.39, 0.29) is 24.8 Å². The normalized spacial score (nSPS) is 10.8. The number of thiazole rings is 1. The van der Waals surface area contributed by atoms with Crippen molar-refractivity contribution in [2.24, 2.45) is 0 Å². The number of amides is 2. The summed E-state index contributed by atoms with van der Waals surface area (Å²) in [7, 11) is 3.91. The van der Waals surface area contributed by atoms with Crippen LogP contribution in [0.15, 0.2) is 23.6 Å². The van der Waals surface area contributed by atoms with Crippen molar-refractivity contribution in [2.75, 3.05) is 26.0 Å². The molecule has 0 aliphatic rings. The molecule has 0 aliphatic heterocycles. The average molecular weight is 360 g/mol. The molecule has 1 heterocycles. The Balaban J connectivity index is 1.78. The molecule has 2 rings (SSSR count). The molecule has 1 aromatic heterocycles. The number of carbonyl (C=O) groups is 2. The van der Waals surface area contributed by atoms with Gasteiger partial charge in [-0.25, -0.2) is 4.98 Å². The van der Waals surface area contributed by atoms with Crippen LogP contribution in [0.2, 0.25) is 0 Å². The molecule has 0 saturated heterocycles. The largest absolute Gasteiger partial charge is 0.350 e. The maximum atomic E-state index is 12.1. The van der Waals surface area contributed by atoms with E-state index in [1.54, 1.807) is 5.38 Å². The standard InChI is InChI=1S/C18H24N4O2S/c1-12-5-6-14(13(2)9-12)20-16(23)7-8-19-18(24)15-11-25-17(21-15)10-22(3)4/h5-6,9,11H,7-8,10H2,1-4H3,(H,19,24)(H,20,23). The number of hydrogen-bond donors (Lipinski definition) is 2. The van der Waals surface area contributed by atoms with E-state index >= 15 is 0 Å². The topological polar surface area (TPSA) is 74.3 Å². The Bertz CT molecular complexity index is 755. The number of carbonyl (C=O) groups excluding carboxylic acids is 2. The zero-order valence-corrected chi connectivity index (χ0v) is 15.9. The van der Waals surface area contributed by atoms with Crippen molar-refractivity contribution in [1.82, 2.24) is 15.2 Å². The fourth-order valence-corrected chi connectivity index (χ4v) is 3.20. The number of benzene rings is 1. The Kier molecular flexibility index (Phi) is 6.66. The number of rotatable bonds is 7. The summed E-state index contributed by atoms with van der Waals surface area (Å²) < 4.78 is 0. The number of anilines is 1. The van der Waals surface area contributed by atoms with Crippen molar-refractivity contribution in [2.45, 2.75) is 26.8 Å². The van der Waals surface area contributed by atoms with Gasteiger partial charge in [-0.1, -0.05) is 17.7 Å². The quantitative estimate of drug-likeness (QED) is 0.796. The summed E-state index contributed by atoms with van der Waals surface area (Å²) in [5, 5.41) is 8.24. The number of aryl methyl sites for hydroxylation is 2. The average Bonchev–Trinajstić information content (AvgIpc) is 2.98. The summed E-state index contributed by atoms with van der Waals surface area (Å²) in [6.07, 6.45) is 0.216. The lowest BCUT2D eigenvalue weighted by Gasteiger charge is -2.09. The predicted octanol–water partition coefficient (Wildman–Crippen LogP) is 2.58. The maximum absolute atomic E-state index is 12.1. The Morgan fingerprint density at radius 2 is 2.00 bits per heavy atom. The van der Waals surface area contributed by atoms with Crippen molar-refractivity contribution in [1.29, 1.82) is 0 Å². The van der Waals surface area contributed by atoms with Crippen LogP contribution in [0, 0.1) is 13.8 Å². The van der Waals surface area contributed by atoms with Gasteiger partial charge in [0, 0.05) is 30.6 Å². The van der Waals surface area contributed by atoms with Gasteiger partial charge in [-0.15, -0.1) is 11.3 Å². The van der Waals surface area contributed by atoms with Gasteiger partial charge in [-0.05, 0) is 39.6 Å². The molecular formula is C18H24N4O2S. The fraction of sp³-hybridized carbons (Fsp3) is 0.389. The minimum atomic E-state index is -0.249. The first-order valence-corrected chi connectivity index (χ1v) is 8.97. The highest BCUT2D eigenvalue weighted by atomic mass is 32.1. The molecule has 0 saturated carbocycles. The molecule has 0 radical (unpaired) electrons. The summed E-state index contributed by atoms with van der Waals surface area (Å²) in [6, 6.07) is 5.87. The monoisotopic (exact) mass is 360 g/mol. The van der Waals surface area contributed by atoms with E-state index in [0.29, 0.717) is 12.2 Å². The highest BCUT2D eigenvalue weighted by Gasteiger charge is 2.12. The molecule has 7 heteroatoms. The summed E-state index contributed by atoms with van der Waals surface area (Å²) in [5.74, 6) is -0.376. The first kappa shape index (κ1) is 19.1. The zero-order valence-electron chi connectivity index (χ0n) is 15.0. The van der Waals surface area contributed by atoms with Crippen LogP contribution in [0.4, 0.5) is 5.69 Å². The summed E-state index contributed by atoms with van der Waals surface area (Å²) in [6.45, 7) is 4.95. The van der Waals surface area contributed by atoms with Crippen LogP contribution in [0.25, 0.3) is 0 Å². The molecule has 0 spiro atoms. The van der Waals surface area contributed by atoms with E-state index in [1.165, 1.54) is 11.3 Å². The van der Waals surface area contributed by atoms with Crippen molar-refractivity contribution in [3.8, 4) is 0 Å². The van der Waals surface area contributed by atoms with Crippen molar-refractivity contribution in [3.05, 3.63) is 45.4 Å². The minimum absolute atomic E-state index is 0.126. The van der Waals surface area contributed by atoms with Gasteiger partial charge < -0.3 is 15.5 Å². The first-order chi connectivity index (χ1) is 11.8. The number of hydrogen-bond acceptors (Lipinski definition) is 5. The van der Waals surface area contributed by atoms with Crippen molar-refractivity contribution in [3.63, 3.8) is 0 Å². The van der Waals surface area contributed by atoms with Gasteiger partial charge in [0.05, 0.1) is 0 Å². The molecule has 2 amide bonds. The molecule has 0 bridgehead atoms. The highest BCUT2D eigenvalue weighted by molar-refractivity contribution is 7.09. The lowest BCUT2D eigenvalue weighted by atomic mass is 10.1. The maximum Gasteiger partial charge on any atom is 0.270 e. The SMILES string of the molecule is Cc1ccc(NC(=O)CCNC(=O)c2csc(CN(C)C)n2)c(C)c1. The Morgan fingerprint density at radius 1 is 1.24 bits per heavy atom. The zero-order chi connectivity index (χ0) is 18.4. The van der Waals surface area contributed by atoms with E-state index in [9.17, 15) is 9.59 Å². The van der Waals surface area contributed by atoms with Gasteiger partial charge in [0.15, 0.2) is 0 Å². The number of nitrogens with zero attached hydrogens (tertiary/aromatic N) is 2. The number of nitrogens with one attached hydrogen (secondary N) is 2. The van der Waals surface area contributed by atoms with Crippen LogP contribution >= 0.6 is 11.3 Å². The van der Waals surface area contributed by atoms with E-state index in [4.69, 9.17) is 0 Å². The predicted molar refractivity (Wildman–Crippen MR) is 101 cm³/mol. The van der Waals surface area contributed by atoms with Crippen LogP contribution in [0.1, 0.15) is 33.0 Å². The lowest BCUT2D eigenvalue weighted by Crippen LogP contribution is -2.28. The Labute approximate surface area is 152 Å². The highest BCUT2D eigenvalue weighted by Crippen LogP contribution is 2.16. The molecule has 0 fully saturated rings. The molecule has 2 N–H and O–H groups in total. The second kappa shape index (κ2) is 8.73. The van der Waals surface area contributed by atoms with Crippen molar-refractivity contribution < 1.29 is 9.59 Å². The van der Waals surface area contributed by atoms with E-state index in [0.717, 1.165) is 21.8 Å². The van der Waals surface area contributed by atoms with Crippen molar-refractivity contribution >= 4 is 28.8 Å². The lowest BCUT2D eigenvalue weighted by molar-refractivity contribution is -0.116. The van der Waals surface area contributed by atoms with Gasteiger partial charge >= 0.3 is 0 Å². The Morgan fingerprint density at radius 3 is 2.68 bits per heavy atom. The third-order valence-electron chi connectivity index (χ3n) is 3.53. The smallest absolute Gasteiger partial charge is 0.270 e. The first-order valence-electron chi connectivity index (χ1n) is 8.09. The third-order valence-corrected chi connectivity index (χ3v) is 4.36. The molecule has 0 unspecified atom stereocenters. The molecule has 134 valence electrons. The van der Waals surface area contributed by atoms with Gasteiger partial charge in [0.25, 0.3) is 5.91 Å². The molecule has 2 aromatic rings. The van der Waals surface area contributed by atoms with Crippen LogP contribution in [0.3, 0.4) is 0 Å². The summed E-state index contributed by atoms with van der Waals surface area (Å²) in [4.78, 5) is 30.4. The van der Waals surface area contributed by atoms with E-state index in [1.807, 2.05) is 51.0 Å². The van der Waals surface area contributed by atoms with Gasteiger partial charge in [0.1, 0.15) is 10.7 Å². The fourth-order valence-electron chi connectivity index (χ4n) is 2.30. The second-order valence-electron chi connectivity index (χ2n) is 6.24. The summed E-state index contributed by atoms with van der Waals surface area (Å²) >= 11 is 1.46. The van der Waals surface area contributed by atoms with Gasteiger partial charge in [-0.2, -0.15) is 0 Å². The molecule has 1 aromatic carbocycles. The van der Waals surface area contributed by atoms with E-state index in [2.05, 4.69) is 15.6 Å². The molecular weight excluding hydrogens is 336 g/mol.